The van der Waals surface area contributed by atoms with E-state index < -0.39 is 35.4 Å². The van der Waals surface area contributed by atoms with Gasteiger partial charge in [0.2, 0.25) is 11.9 Å². The van der Waals surface area contributed by atoms with Crippen LogP contribution in [0.2, 0.25) is 0 Å². The molecule has 1 aromatic heterocycles. The van der Waals surface area contributed by atoms with Gasteiger partial charge in [-0.15, -0.1) is 0 Å². The van der Waals surface area contributed by atoms with Crippen molar-refractivity contribution < 1.29 is 22.8 Å². The molecule has 2 aromatic carbocycles. The van der Waals surface area contributed by atoms with Crippen LogP contribution < -0.4 is 26.2 Å². The summed E-state index contributed by atoms with van der Waals surface area (Å²) in [6.07, 6.45) is -4.08. The zero-order valence-electron chi connectivity index (χ0n) is 22.8. The van der Waals surface area contributed by atoms with Crippen molar-refractivity contribution in [1.82, 2.24) is 20.2 Å². The van der Waals surface area contributed by atoms with Crippen LogP contribution in [-0.4, -0.2) is 64.9 Å². The van der Waals surface area contributed by atoms with Crippen LogP contribution in [-0.2, 0) is 11.0 Å². The Balaban J connectivity index is 1.38. The molecule has 0 saturated carbocycles. The number of piperazine rings is 1. The highest BCUT2D eigenvalue weighted by atomic mass is 19.4. The van der Waals surface area contributed by atoms with Crippen molar-refractivity contribution in [1.29, 1.82) is 0 Å². The number of fused-ring (bicyclic) bond motifs is 1. The summed E-state index contributed by atoms with van der Waals surface area (Å²) < 4.78 is 41.7. The highest BCUT2D eigenvalue weighted by molar-refractivity contribution is 6.13. The molecular weight excluding hydrogens is 537 g/mol. The minimum Gasteiger partial charge on any atom is -0.369 e. The maximum Gasteiger partial charge on any atom is 0.421 e. The van der Waals surface area contributed by atoms with E-state index in [-0.39, 0.29) is 22.9 Å². The molecule has 4 N–H and O–H groups in total. The van der Waals surface area contributed by atoms with Crippen molar-refractivity contribution in [2.45, 2.75) is 39.0 Å². The lowest BCUT2D eigenvalue weighted by molar-refractivity contribution is -0.137. The lowest BCUT2D eigenvalue weighted by atomic mass is 10.1. The van der Waals surface area contributed by atoms with Gasteiger partial charge in [0.25, 0.3) is 5.91 Å². The van der Waals surface area contributed by atoms with Crippen LogP contribution in [0.15, 0.2) is 48.7 Å². The van der Waals surface area contributed by atoms with E-state index in [2.05, 4.69) is 54.9 Å². The summed E-state index contributed by atoms with van der Waals surface area (Å²) in [6, 6.07) is 11.7. The van der Waals surface area contributed by atoms with Crippen molar-refractivity contribution in [3.05, 3.63) is 59.8 Å². The Labute approximate surface area is 235 Å². The molecule has 2 aliphatic heterocycles. The van der Waals surface area contributed by atoms with Gasteiger partial charge in [0.05, 0.1) is 16.9 Å². The number of carbonyl (C=O) groups is 2. The van der Waals surface area contributed by atoms with E-state index in [1.165, 1.54) is 25.1 Å². The maximum absolute atomic E-state index is 13.9. The molecule has 0 radical (unpaired) electrons. The van der Waals surface area contributed by atoms with Gasteiger partial charge in [0.1, 0.15) is 17.4 Å². The van der Waals surface area contributed by atoms with E-state index >= 15 is 0 Å². The Morgan fingerprint density at radius 1 is 1.00 bits per heavy atom. The van der Waals surface area contributed by atoms with E-state index in [1.807, 2.05) is 24.3 Å². The number of amides is 2. The van der Waals surface area contributed by atoms with Gasteiger partial charge in [-0.25, -0.2) is 4.98 Å². The molecule has 2 amide bonds. The predicted molar refractivity (Wildman–Crippen MR) is 151 cm³/mol. The molecular formula is C28H31F3N8O2. The second-order valence-corrected chi connectivity index (χ2v) is 10.3. The first-order valence-corrected chi connectivity index (χ1v) is 13.3. The van der Waals surface area contributed by atoms with Crippen LogP contribution in [0.5, 0.6) is 0 Å². The Kier molecular flexibility index (Phi) is 7.72. The monoisotopic (exact) mass is 568 g/mol. The van der Waals surface area contributed by atoms with Gasteiger partial charge in [0, 0.05) is 49.8 Å². The number of hydrogen-bond acceptors (Lipinski definition) is 8. The molecule has 0 spiro atoms. The molecule has 5 rings (SSSR count). The SMILES string of the molecule is CC(C)N1CCN(c2ccc(Nc3ncc(C(F)(F)F)c(Nc4cccc5c4C(=O)N[C@@H](C)C(=O)N5)n3)cc2)CC1. The van der Waals surface area contributed by atoms with Crippen LogP contribution in [0.3, 0.4) is 0 Å². The summed E-state index contributed by atoms with van der Waals surface area (Å²) in [5.41, 5.74) is 0.767. The van der Waals surface area contributed by atoms with Gasteiger partial charge in [-0.3, -0.25) is 14.5 Å². The third-order valence-corrected chi connectivity index (χ3v) is 7.17. The van der Waals surface area contributed by atoms with E-state index in [4.69, 9.17) is 0 Å². The minimum absolute atomic E-state index is 0.00346. The molecule has 1 fully saturated rings. The highest BCUT2D eigenvalue weighted by Gasteiger charge is 2.36. The number of benzene rings is 2. The average molecular weight is 569 g/mol. The lowest BCUT2D eigenvalue weighted by Gasteiger charge is -2.38. The fourth-order valence-electron chi connectivity index (χ4n) is 4.83. The third-order valence-electron chi connectivity index (χ3n) is 7.17. The first-order chi connectivity index (χ1) is 19.5. The normalized spacial score (nSPS) is 17.9. The number of halogens is 3. The molecule has 0 bridgehead atoms. The summed E-state index contributed by atoms with van der Waals surface area (Å²) in [4.78, 5) is 37.8. The van der Waals surface area contributed by atoms with Gasteiger partial charge in [-0.05, 0) is 57.2 Å². The largest absolute Gasteiger partial charge is 0.421 e. The minimum atomic E-state index is -4.77. The molecule has 41 heavy (non-hydrogen) atoms. The van der Waals surface area contributed by atoms with E-state index in [0.29, 0.717) is 17.9 Å². The molecule has 13 heteroatoms. The summed E-state index contributed by atoms with van der Waals surface area (Å²) in [5.74, 6) is -1.66. The molecule has 3 aromatic rings. The Hall–Kier alpha value is -4.39. The number of nitrogens with zero attached hydrogens (tertiary/aromatic N) is 4. The van der Waals surface area contributed by atoms with Gasteiger partial charge in [0.15, 0.2) is 0 Å². The van der Waals surface area contributed by atoms with Crippen LogP contribution in [0, 0.1) is 0 Å². The molecule has 10 nitrogen and oxygen atoms in total. The molecule has 216 valence electrons. The molecule has 1 saturated heterocycles. The Bertz CT molecular complexity index is 1440. The zero-order chi connectivity index (χ0) is 29.3. The zero-order valence-corrected chi connectivity index (χ0v) is 22.8. The lowest BCUT2D eigenvalue weighted by Crippen LogP contribution is -2.48. The number of aromatic nitrogens is 2. The Morgan fingerprint density at radius 2 is 1.71 bits per heavy atom. The second-order valence-electron chi connectivity index (χ2n) is 10.3. The first-order valence-electron chi connectivity index (χ1n) is 13.3. The predicted octanol–water partition coefficient (Wildman–Crippen LogP) is 4.58. The van der Waals surface area contributed by atoms with Gasteiger partial charge >= 0.3 is 6.18 Å². The number of anilines is 6. The van der Waals surface area contributed by atoms with Crippen molar-refractivity contribution in [3.63, 3.8) is 0 Å². The van der Waals surface area contributed by atoms with Crippen LogP contribution >= 0.6 is 0 Å². The van der Waals surface area contributed by atoms with Gasteiger partial charge in [-0.1, -0.05) is 6.07 Å². The summed E-state index contributed by atoms with van der Waals surface area (Å²) in [6.45, 7) is 9.65. The van der Waals surface area contributed by atoms with Crippen LogP contribution in [0.1, 0.15) is 36.7 Å². The van der Waals surface area contributed by atoms with E-state index in [9.17, 15) is 22.8 Å². The summed E-state index contributed by atoms with van der Waals surface area (Å²) >= 11 is 0. The standard InChI is InChI=1S/C28H31F3N8O2/c1-16(2)38-11-13-39(14-12-38)19-9-7-18(8-10-19)34-27-32-15-20(28(29,30)31)24(37-27)35-21-5-4-6-22-23(21)26(41)33-17(3)25(40)36-22/h4-10,15-17H,11-14H2,1-3H3,(H,33,41)(H,36,40)(H2,32,34,35,37)/t17-/m0/s1. The number of alkyl halides is 3. The smallest absolute Gasteiger partial charge is 0.369 e. The first kappa shape index (κ1) is 28.1. The summed E-state index contributed by atoms with van der Waals surface area (Å²) in [7, 11) is 0. The molecule has 2 aliphatic rings. The van der Waals surface area contributed by atoms with Crippen LogP contribution in [0.4, 0.5) is 47.7 Å². The van der Waals surface area contributed by atoms with E-state index in [0.717, 1.165) is 31.9 Å². The van der Waals surface area contributed by atoms with Crippen molar-refractivity contribution >= 4 is 46.3 Å². The van der Waals surface area contributed by atoms with Crippen LogP contribution in [0.25, 0.3) is 0 Å². The van der Waals surface area contributed by atoms with Crippen molar-refractivity contribution in [2.24, 2.45) is 0 Å². The third kappa shape index (κ3) is 6.19. The fraction of sp³-hybridized carbons (Fsp3) is 0.357. The van der Waals surface area contributed by atoms with Crippen molar-refractivity contribution in [3.8, 4) is 0 Å². The number of rotatable bonds is 6. The van der Waals surface area contributed by atoms with E-state index in [1.54, 1.807) is 0 Å². The average Bonchev–Trinajstić information content (AvgIpc) is 3.03. The topological polar surface area (TPSA) is 115 Å². The number of hydrogen-bond donors (Lipinski definition) is 4. The second kappa shape index (κ2) is 11.2. The quantitative estimate of drug-likeness (QED) is 0.342. The maximum atomic E-state index is 13.9. The summed E-state index contributed by atoms with van der Waals surface area (Å²) in [5, 5.41) is 10.8. The number of nitrogens with one attached hydrogen (secondary N) is 4. The molecule has 0 aliphatic carbocycles. The van der Waals surface area contributed by atoms with Gasteiger partial charge < -0.3 is 26.2 Å². The Morgan fingerprint density at radius 3 is 2.37 bits per heavy atom. The molecule has 0 unspecified atom stereocenters. The highest BCUT2D eigenvalue weighted by Crippen LogP contribution is 2.37. The fourth-order valence-corrected chi connectivity index (χ4v) is 4.83. The molecule has 1 atom stereocenters. The number of carbonyl (C=O) groups excluding carboxylic acids is 2. The molecule has 3 heterocycles. The van der Waals surface area contributed by atoms with Crippen molar-refractivity contribution in [2.75, 3.05) is 47.0 Å². The van der Waals surface area contributed by atoms with Gasteiger partial charge in [-0.2, -0.15) is 18.2 Å².